The van der Waals surface area contributed by atoms with Crippen LogP contribution in [0.2, 0.25) is 0 Å². The number of fused-ring (bicyclic) bond motifs is 1. The van der Waals surface area contributed by atoms with Crippen molar-refractivity contribution in [2.45, 2.75) is 25.9 Å². The maximum Gasteiger partial charge on any atom is 0.322 e. The molecular weight excluding hydrogens is 437 g/mol. The van der Waals surface area contributed by atoms with Crippen LogP contribution in [0.25, 0.3) is 10.9 Å². The van der Waals surface area contributed by atoms with Gasteiger partial charge in [-0.2, -0.15) is 0 Å². The van der Waals surface area contributed by atoms with Crippen LogP contribution in [0.5, 0.6) is 0 Å². The summed E-state index contributed by atoms with van der Waals surface area (Å²) in [5, 5.41) is 3.19. The van der Waals surface area contributed by atoms with Gasteiger partial charge in [0.15, 0.2) is 0 Å². The van der Waals surface area contributed by atoms with Gasteiger partial charge in [-0.25, -0.2) is 14.2 Å². The van der Waals surface area contributed by atoms with Gasteiger partial charge in [0, 0.05) is 20.2 Å². The highest BCUT2D eigenvalue weighted by Crippen LogP contribution is 2.25. The van der Waals surface area contributed by atoms with E-state index >= 15 is 0 Å². The summed E-state index contributed by atoms with van der Waals surface area (Å²) in [5.74, 6) is -0.0389. The number of hydrogen-bond donors (Lipinski definition) is 1. The van der Waals surface area contributed by atoms with E-state index in [0.717, 1.165) is 0 Å². The molecule has 0 fully saturated rings. The van der Waals surface area contributed by atoms with Gasteiger partial charge >= 0.3 is 6.03 Å². The number of ether oxygens (including phenoxy) is 1. The van der Waals surface area contributed by atoms with Gasteiger partial charge in [0.25, 0.3) is 5.56 Å². The van der Waals surface area contributed by atoms with Gasteiger partial charge in [0.2, 0.25) is 0 Å². The van der Waals surface area contributed by atoms with Gasteiger partial charge in [-0.3, -0.25) is 9.36 Å². The van der Waals surface area contributed by atoms with E-state index in [2.05, 4.69) is 5.32 Å². The van der Waals surface area contributed by atoms with Crippen molar-refractivity contribution in [3.63, 3.8) is 0 Å². The Morgan fingerprint density at radius 3 is 2.53 bits per heavy atom. The zero-order valence-corrected chi connectivity index (χ0v) is 20.1. The van der Waals surface area contributed by atoms with Gasteiger partial charge in [-0.1, -0.05) is 31.2 Å². The van der Waals surface area contributed by atoms with E-state index in [1.165, 1.54) is 12.1 Å². The number of urea groups is 1. The smallest absolute Gasteiger partial charge is 0.322 e. The van der Waals surface area contributed by atoms with Gasteiger partial charge in [0.1, 0.15) is 11.6 Å². The summed E-state index contributed by atoms with van der Waals surface area (Å²) in [6.07, 6.45) is 0.510. The minimum absolute atomic E-state index is 0.0976. The number of amides is 2. The van der Waals surface area contributed by atoms with Gasteiger partial charge < -0.3 is 19.9 Å². The molecule has 1 atom stereocenters. The summed E-state index contributed by atoms with van der Waals surface area (Å²) >= 11 is 0. The third kappa shape index (κ3) is 5.78. The number of halogens is 1. The highest BCUT2D eigenvalue weighted by Gasteiger charge is 2.29. The molecule has 0 saturated heterocycles. The summed E-state index contributed by atoms with van der Waals surface area (Å²) in [4.78, 5) is 35.2. The number of aromatic nitrogens is 2. The Bertz CT molecular complexity index is 1180. The Morgan fingerprint density at radius 1 is 1.15 bits per heavy atom. The quantitative estimate of drug-likeness (QED) is 0.490. The number of nitrogens with one attached hydrogen (secondary N) is 1. The van der Waals surface area contributed by atoms with Crippen molar-refractivity contribution in [1.29, 1.82) is 0 Å². The first-order valence-electron chi connectivity index (χ1n) is 11.3. The van der Waals surface area contributed by atoms with Crippen molar-refractivity contribution in [1.82, 2.24) is 19.4 Å². The molecule has 3 rings (SSSR count). The average Bonchev–Trinajstić information content (AvgIpc) is 2.82. The maximum absolute atomic E-state index is 14.3. The van der Waals surface area contributed by atoms with Crippen molar-refractivity contribution in [3.8, 4) is 0 Å². The Kier molecular flexibility index (Phi) is 8.72. The van der Waals surface area contributed by atoms with E-state index < -0.39 is 17.9 Å². The van der Waals surface area contributed by atoms with Crippen molar-refractivity contribution in [3.05, 3.63) is 70.5 Å². The Balaban J connectivity index is 2.09. The largest absolute Gasteiger partial charge is 0.383 e. The van der Waals surface area contributed by atoms with Crippen LogP contribution in [-0.4, -0.2) is 66.3 Å². The second-order valence-electron chi connectivity index (χ2n) is 8.27. The van der Waals surface area contributed by atoms with Crippen molar-refractivity contribution >= 4 is 22.6 Å². The summed E-state index contributed by atoms with van der Waals surface area (Å²) in [7, 11) is 5.40. The maximum atomic E-state index is 14.3. The molecule has 2 amide bonds. The molecule has 3 aromatic rings. The molecule has 0 radical (unpaired) electrons. The summed E-state index contributed by atoms with van der Waals surface area (Å²) < 4.78 is 21.1. The fourth-order valence-electron chi connectivity index (χ4n) is 3.84. The standard InChI is InChI=1S/C25H32FN5O3/c1-5-22(23-27-20-12-8-6-10-18(20)24(32)31(23)16-17-34-4)30(15-14-29(2)3)25(33)28-21-13-9-7-11-19(21)26/h6-13,22H,5,14-17H2,1-4H3,(H,28,33). The molecular formula is C25H32FN5O3. The lowest BCUT2D eigenvalue weighted by Gasteiger charge is -2.33. The van der Waals surface area contributed by atoms with Crippen LogP contribution >= 0.6 is 0 Å². The molecule has 0 spiro atoms. The van der Waals surface area contributed by atoms with Crippen molar-refractivity contribution < 1.29 is 13.9 Å². The number of anilines is 1. The number of carbonyl (C=O) groups excluding carboxylic acids is 1. The summed E-state index contributed by atoms with van der Waals surface area (Å²) in [5.41, 5.74) is 0.482. The zero-order valence-electron chi connectivity index (χ0n) is 20.1. The van der Waals surface area contributed by atoms with Gasteiger partial charge in [-0.05, 0) is 44.8 Å². The minimum atomic E-state index is -0.516. The van der Waals surface area contributed by atoms with E-state index in [-0.39, 0.29) is 11.2 Å². The number of carbonyl (C=O) groups is 1. The third-order valence-corrected chi connectivity index (χ3v) is 5.64. The van der Waals surface area contributed by atoms with Crippen molar-refractivity contribution in [2.24, 2.45) is 0 Å². The van der Waals surface area contributed by atoms with Crippen LogP contribution in [-0.2, 0) is 11.3 Å². The number of methoxy groups -OCH3 is 1. The second kappa shape index (κ2) is 11.7. The topological polar surface area (TPSA) is 79.7 Å². The van der Waals surface area contributed by atoms with Gasteiger partial charge in [-0.15, -0.1) is 0 Å². The molecule has 34 heavy (non-hydrogen) atoms. The zero-order chi connectivity index (χ0) is 24.7. The predicted octanol–water partition coefficient (Wildman–Crippen LogP) is 3.73. The molecule has 1 unspecified atom stereocenters. The minimum Gasteiger partial charge on any atom is -0.383 e. The van der Waals surface area contributed by atoms with Crippen LogP contribution in [0.15, 0.2) is 53.3 Å². The molecule has 0 aliphatic heterocycles. The van der Waals surface area contributed by atoms with E-state index in [9.17, 15) is 14.0 Å². The Morgan fingerprint density at radius 2 is 1.85 bits per heavy atom. The number of para-hydroxylation sites is 2. The molecule has 2 aromatic carbocycles. The van der Waals surface area contributed by atoms with Crippen LogP contribution in [0.4, 0.5) is 14.9 Å². The molecule has 0 bridgehead atoms. The molecule has 0 aliphatic carbocycles. The van der Waals surface area contributed by atoms with Crippen LogP contribution in [0, 0.1) is 5.82 Å². The summed E-state index contributed by atoms with van der Waals surface area (Å²) in [6, 6.07) is 12.2. The van der Waals surface area contributed by atoms with Crippen molar-refractivity contribution in [2.75, 3.05) is 46.2 Å². The Hall–Kier alpha value is -3.30. The first-order valence-corrected chi connectivity index (χ1v) is 11.3. The highest BCUT2D eigenvalue weighted by molar-refractivity contribution is 5.89. The lowest BCUT2D eigenvalue weighted by Crippen LogP contribution is -2.44. The number of nitrogens with zero attached hydrogens (tertiary/aromatic N) is 4. The number of likely N-dealkylation sites (N-methyl/N-ethyl adjacent to an activating group) is 1. The van der Waals surface area contributed by atoms with Crippen LogP contribution in [0.3, 0.4) is 0 Å². The highest BCUT2D eigenvalue weighted by atomic mass is 19.1. The second-order valence-corrected chi connectivity index (χ2v) is 8.27. The molecule has 1 heterocycles. The van der Waals surface area contributed by atoms with Gasteiger partial charge in [0.05, 0.1) is 35.8 Å². The molecule has 1 N–H and O–H groups in total. The Labute approximate surface area is 199 Å². The molecule has 182 valence electrons. The average molecular weight is 470 g/mol. The molecule has 8 nitrogen and oxygen atoms in total. The molecule has 0 aliphatic rings. The van der Waals surface area contributed by atoms with E-state index in [1.807, 2.05) is 32.0 Å². The number of hydrogen-bond acceptors (Lipinski definition) is 5. The monoisotopic (exact) mass is 469 g/mol. The third-order valence-electron chi connectivity index (χ3n) is 5.64. The normalized spacial score (nSPS) is 12.2. The number of benzene rings is 2. The van der Waals surface area contributed by atoms with E-state index in [0.29, 0.717) is 49.4 Å². The predicted molar refractivity (Wildman–Crippen MR) is 132 cm³/mol. The first-order chi connectivity index (χ1) is 16.4. The number of rotatable bonds is 10. The SMILES string of the molecule is CCC(c1nc2ccccc2c(=O)n1CCOC)N(CCN(C)C)C(=O)Nc1ccccc1F. The molecule has 0 saturated carbocycles. The van der Waals surface area contributed by atoms with E-state index in [4.69, 9.17) is 9.72 Å². The lowest BCUT2D eigenvalue weighted by atomic mass is 10.1. The van der Waals surface area contributed by atoms with Crippen LogP contribution < -0.4 is 10.9 Å². The fraction of sp³-hybridized carbons (Fsp3) is 0.400. The summed E-state index contributed by atoms with van der Waals surface area (Å²) in [6.45, 7) is 3.50. The van der Waals surface area contributed by atoms with Crippen LogP contribution in [0.1, 0.15) is 25.2 Å². The first kappa shape index (κ1) is 25.3. The lowest BCUT2D eigenvalue weighted by molar-refractivity contribution is 0.164. The fourth-order valence-corrected chi connectivity index (χ4v) is 3.84. The molecule has 9 heteroatoms. The molecule has 1 aromatic heterocycles. The van der Waals surface area contributed by atoms with E-state index in [1.54, 1.807) is 46.9 Å².